The van der Waals surface area contributed by atoms with E-state index < -0.39 is 11.9 Å². The second-order valence-electron chi connectivity index (χ2n) is 3.26. The summed E-state index contributed by atoms with van der Waals surface area (Å²) in [5.74, 6) is -0.410. The van der Waals surface area contributed by atoms with E-state index in [4.69, 9.17) is 5.73 Å². The highest BCUT2D eigenvalue weighted by Crippen LogP contribution is 1.93. The minimum atomic E-state index is -0.615. The first-order valence-corrected chi connectivity index (χ1v) is 6.15. The Hall–Kier alpha value is -1.08. The first-order valence-electron chi connectivity index (χ1n) is 4.75. The molecule has 0 saturated carbocycles. The first-order chi connectivity index (χ1) is 7.47. The molecule has 1 unspecified atom stereocenters. The van der Waals surface area contributed by atoms with Crippen LogP contribution in [-0.2, 0) is 14.4 Å². The van der Waals surface area contributed by atoms with Gasteiger partial charge in [0.25, 0.3) is 0 Å². The number of nitrogens with one attached hydrogen (secondary N) is 2. The second-order valence-corrected chi connectivity index (χ2v) is 4.17. The largest absolute Gasteiger partial charge is 0.348 e. The number of hydrogen-bond donors (Lipinski definition) is 3. The topological polar surface area (TPSA) is 101 Å². The summed E-state index contributed by atoms with van der Waals surface area (Å²) in [4.78, 5) is 32.9. The number of Topliss-reactive ketones (excluding diaryl/α,β-unsaturated/α-hetero) is 1. The second kappa shape index (κ2) is 8.12. The van der Waals surface area contributed by atoms with Crippen LogP contribution in [-0.4, -0.2) is 48.7 Å². The Morgan fingerprint density at radius 2 is 1.88 bits per heavy atom. The Kier molecular flexibility index (Phi) is 7.57. The molecule has 2 amide bonds. The first kappa shape index (κ1) is 14.9. The number of ketones is 1. The van der Waals surface area contributed by atoms with Crippen LogP contribution in [0.15, 0.2) is 0 Å². The molecule has 7 heteroatoms. The van der Waals surface area contributed by atoms with Crippen LogP contribution < -0.4 is 16.4 Å². The Labute approximate surface area is 98.7 Å². The average Bonchev–Trinajstić information content (AvgIpc) is 2.23. The van der Waals surface area contributed by atoms with Crippen molar-refractivity contribution in [3.8, 4) is 0 Å². The predicted molar refractivity (Wildman–Crippen MR) is 63.1 cm³/mol. The van der Waals surface area contributed by atoms with Gasteiger partial charge in [-0.15, -0.1) is 0 Å². The fourth-order valence-electron chi connectivity index (χ4n) is 0.839. The highest BCUT2D eigenvalue weighted by Gasteiger charge is 2.13. The Morgan fingerprint density at radius 3 is 2.38 bits per heavy atom. The monoisotopic (exact) mass is 247 g/mol. The van der Waals surface area contributed by atoms with Crippen molar-refractivity contribution in [1.29, 1.82) is 0 Å². The van der Waals surface area contributed by atoms with E-state index in [0.717, 1.165) is 0 Å². The molecular formula is C9H17N3O3S. The zero-order chi connectivity index (χ0) is 12.6. The van der Waals surface area contributed by atoms with Gasteiger partial charge in [0.1, 0.15) is 5.78 Å². The number of thioether (sulfide) groups is 1. The van der Waals surface area contributed by atoms with Gasteiger partial charge in [0.2, 0.25) is 11.8 Å². The van der Waals surface area contributed by atoms with Gasteiger partial charge in [0.15, 0.2) is 0 Å². The van der Waals surface area contributed by atoms with Gasteiger partial charge in [-0.25, -0.2) is 0 Å². The van der Waals surface area contributed by atoms with Crippen molar-refractivity contribution in [1.82, 2.24) is 10.6 Å². The van der Waals surface area contributed by atoms with E-state index in [-0.39, 0.29) is 24.8 Å². The van der Waals surface area contributed by atoms with Gasteiger partial charge in [-0.1, -0.05) is 0 Å². The summed E-state index contributed by atoms with van der Waals surface area (Å²) in [6.45, 7) is 1.19. The molecule has 0 heterocycles. The van der Waals surface area contributed by atoms with Crippen LogP contribution >= 0.6 is 11.8 Å². The van der Waals surface area contributed by atoms with E-state index in [0.29, 0.717) is 5.75 Å². The highest BCUT2D eigenvalue weighted by molar-refractivity contribution is 7.98. The molecule has 1 atom stereocenters. The minimum absolute atomic E-state index is 0.0223. The minimum Gasteiger partial charge on any atom is -0.348 e. The molecule has 92 valence electrons. The van der Waals surface area contributed by atoms with Crippen molar-refractivity contribution < 1.29 is 14.4 Å². The number of amides is 2. The van der Waals surface area contributed by atoms with Gasteiger partial charge in [0, 0.05) is 5.75 Å². The molecule has 0 radical (unpaired) electrons. The third-order valence-electron chi connectivity index (χ3n) is 1.64. The Balaban J connectivity index is 3.74. The lowest BCUT2D eigenvalue weighted by molar-refractivity contribution is -0.127. The molecule has 4 N–H and O–H groups in total. The lowest BCUT2D eigenvalue weighted by Gasteiger charge is -2.10. The van der Waals surface area contributed by atoms with E-state index >= 15 is 0 Å². The summed E-state index contributed by atoms with van der Waals surface area (Å²) >= 11 is 1.46. The van der Waals surface area contributed by atoms with Crippen LogP contribution in [0, 0.1) is 0 Å². The Bertz CT molecular complexity index is 271. The maximum absolute atomic E-state index is 11.3. The summed E-state index contributed by atoms with van der Waals surface area (Å²) in [6, 6.07) is -0.615. The van der Waals surface area contributed by atoms with Crippen molar-refractivity contribution in [3.05, 3.63) is 0 Å². The predicted octanol–water partition coefficient (Wildman–Crippen LogP) is -1.50. The summed E-state index contributed by atoms with van der Waals surface area (Å²) in [5.41, 5.74) is 5.52. The maximum atomic E-state index is 11.3. The normalized spacial score (nSPS) is 11.7. The molecule has 0 fully saturated rings. The number of rotatable bonds is 7. The van der Waals surface area contributed by atoms with Gasteiger partial charge in [-0.3, -0.25) is 14.4 Å². The van der Waals surface area contributed by atoms with E-state index in [1.165, 1.54) is 18.7 Å². The molecule has 0 aromatic rings. The molecule has 0 aliphatic heterocycles. The van der Waals surface area contributed by atoms with Crippen LogP contribution in [0.3, 0.4) is 0 Å². The fourth-order valence-corrected chi connectivity index (χ4v) is 1.35. The summed E-state index contributed by atoms with van der Waals surface area (Å²) in [5, 5.41) is 4.75. The average molecular weight is 247 g/mol. The molecular weight excluding hydrogens is 230 g/mol. The SMILES string of the molecule is CSCC(N)C(=O)NCC(=O)NCC(C)=O. The quantitative estimate of drug-likeness (QED) is 0.508. The van der Waals surface area contributed by atoms with Crippen LogP contribution in [0.2, 0.25) is 0 Å². The molecule has 0 aromatic heterocycles. The molecule has 16 heavy (non-hydrogen) atoms. The third kappa shape index (κ3) is 7.24. The van der Waals surface area contributed by atoms with Crippen LogP contribution in [0.1, 0.15) is 6.92 Å². The highest BCUT2D eigenvalue weighted by atomic mass is 32.2. The van der Waals surface area contributed by atoms with E-state index in [9.17, 15) is 14.4 Å². The lowest BCUT2D eigenvalue weighted by Crippen LogP contribution is -2.46. The van der Waals surface area contributed by atoms with Gasteiger partial charge in [-0.2, -0.15) is 11.8 Å². The van der Waals surface area contributed by atoms with Gasteiger partial charge >= 0.3 is 0 Å². The van der Waals surface area contributed by atoms with E-state index in [1.54, 1.807) is 0 Å². The zero-order valence-corrected chi connectivity index (χ0v) is 10.2. The van der Waals surface area contributed by atoms with Crippen molar-refractivity contribution in [3.63, 3.8) is 0 Å². The number of nitrogens with two attached hydrogens (primary N) is 1. The molecule has 0 aliphatic carbocycles. The molecule has 6 nitrogen and oxygen atoms in total. The van der Waals surface area contributed by atoms with Gasteiger partial charge in [-0.05, 0) is 13.2 Å². The van der Waals surface area contributed by atoms with Crippen molar-refractivity contribution >= 4 is 29.4 Å². The third-order valence-corrected chi connectivity index (χ3v) is 2.33. The molecule has 0 saturated heterocycles. The maximum Gasteiger partial charge on any atom is 0.239 e. The summed E-state index contributed by atoms with van der Waals surface area (Å²) in [6.07, 6.45) is 1.84. The number of hydrogen-bond acceptors (Lipinski definition) is 5. The van der Waals surface area contributed by atoms with Crippen LogP contribution in [0.4, 0.5) is 0 Å². The zero-order valence-electron chi connectivity index (χ0n) is 9.41. The van der Waals surface area contributed by atoms with Crippen LogP contribution in [0.5, 0.6) is 0 Å². The standard InChI is InChI=1S/C9H17N3O3S/c1-6(13)3-11-8(14)4-12-9(15)7(10)5-16-2/h7H,3-5,10H2,1-2H3,(H,11,14)(H,12,15). The Morgan fingerprint density at radius 1 is 1.25 bits per heavy atom. The van der Waals surface area contributed by atoms with Crippen molar-refractivity contribution in [2.24, 2.45) is 5.73 Å². The van der Waals surface area contributed by atoms with Crippen LogP contribution in [0.25, 0.3) is 0 Å². The van der Waals surface area contributed by atoms with Crippen molar-refractivity contribution in [2.75, 3.05) is 25.1 Å². The fraction of sp³-hybridized carbons (Fsp3) is 0.667. The van der Waals surface area contributed by atoms with Gasteiger partial charge < -0.3 is 16.4 Å². The molecule has 0 bridgehead atoms. The molecule has 0 aliphatic rings. The number of carbonyl (C=O) groups excluding carboxylic acids is 3. The summed E-state index contributed by atoms with van der Waals surface area (Å²) < 4.78 is 0. The molecule has 0 spiro atoms. The molecule has 0 rings (SSSR count). The number of carbonyl (C=O) groups is 3. The van der Waals surface area contributed by atoms with E-state index in [2.05, 4.69) is 10.6 Å². The lowest BCUT2D eigenvalue weighted by atomic mass is 10.3. The van der Waals surface area contributed by atoms with Crippen molar-refractivity contribution in [2.45, 2.75) is 13.0 Å². The summed E-state index contributed by atoms with van der Waals surface area (Å²) in [7, 11) is 0. The van der Waals surface area contributed by atoms with Gasteiger partial charge in [0.05, 0.1) is 19.1 Å². The van der Waals surface area contributed by atoms with E-state index in [1.807, 2.05) is 6.26 Å². The molecule has 0 aromatic carbocycles. The smallest absolute Gasteiger partial charge is 0.239 e.